The van der Waals surface area contributed by atoms with Gasteiger partial charge in [-0.05, 0) is 25.0 Å². The van der Waals surface area contributed by atoms with Crippen LogP contribution in [0.1, 0.15) is 24.5 Å². The van der Waals surface area contributed by atoms with Crippen molar-refractivity contribution in [2.45, 2.75) is 32.9 Å². The van der Waals surface area contributed by atoms with Crippen molar-refractivity contribution in [2.75, 3.05) is 17.7 Å². The number of nitro groups is 1. The van der Waals surface area contributed by atoms with E-state index < -0.39 is 26.9 Å². The number of nitro benzene ring substituents is 1. The standard InChI is InChI=1S/C20H25N3O6S/c1-5-17(20(24)21-13-15-8-6-14(2)7-9-15)22(30(4,27)28)18-12-16(23(25)26)10-11-19(18)29-3/h6-12,17H,5,13H2,1-4H3,(H,21,24). The zero-order valence-corrected chi connectivity index (χ0v) is 18.1. The second-order valence-electron chi connectivity index (χ2n) is 6.80. The Bertz CT molecular complexity index is 1020. The van der Waals surface area contributed by atoms with Crippen LogP contribution in [0.4, 0.5) is 11.4 Å². The minimum atomic E-state index is -3.97. The van der Waals surface area contributed by atoms with Crippen molar-refractivity contribution in [1.82, 2.24) is 5.32 Å². The molecule has 0 saturated heterocycles. The minimum absolute atomic E-state index is 0.0634. The molecule has 2 rings (SSSR count). The van der Waals surface area contributed by atoms with Crippen molar-refractivity contribution in [3.63, 3.8) is 0 Å². The van der Waals surface area contributed by atoms with E-state index in [9.17, 15) is 23.3 Å². The Balaban J connectivity index is 2.41. The lowest BCUT2D eigenvalue weighted by Crippen LogP contribution is -2.49. The van der Waals surface area contributed by atoms with Gasteiger partial charge in [-0.3, -0.25) is 19.2 Å². The number of nitrogens with one attached hydrogen (secondary N) is 1. The molecule has 0 fully saturated rings. The fourth-order valence-corrected chi connectivity index (χ4v) is 4.22. The number of hydrogen-bond donors (Lipinski definition) is 1. The predicted octanol–water partition coefficient (Wildman–Crippen LogP) is 2.77. The molecule has 1 amide bonds. The fourth-order valence-electron chi connectivity index (χ4n) is 3.01. The first-order valence-corrected chi connectivity index (χ1v) is 11.1. The van der Waals surface area contributed by atoms with Gasteiger partial charge in [0, 0.05) is 18.7 Å². The van der Waals surface area contributed by atoms with Crippen molar-refractivity contribution < 1.29 is 22.9 Å². The van der Waals surface area contributed by atoms with E-state index in [0.717, 1.165) is 27.8 Å². The van der Waals surface area contributed by atoms with E-state index in [0.29, 0.717) is 0 Å². The van der Waals surface area contributed by atoms with Crippen LogP contribution in [0, 0.1) is 17.0 Å². The molecule has 0 saturated carbocycles. The van der Waals surface area contributed by atoms with Crippen LogP contribution >= 0.6 is 0 Å². The number of hydrogen-bond acceptors (Lipinski definition) is 6. The number of aryl methyl sites for hydroxylation is 1. The summed E-state index contributed by atoms with van der Waals surface area (Å²) in [5.41, 5.74) is 1.57. The molecule has 0 aromatic heterocycles. The first-order chi connectivity index (χ1) is 14.1. The van der Waals surface area contributed by atoms with Gasteiger partial charge in [-0.25, -0.2) is 8.42 Å². The maximum atomic E-state index is 12.9. The molecule has 162 valence electrons. The van der Waals surface area contributed by atoms with Crippen LogP contribution in [0.2, 0.25) is 0 Å². The Morgan fingerprint density at radius 3 is 2.37 bits per heavy atom. The number of methoxy groups -OCH3 is 1. The molecule has 1 N–H and O–H groups in total. The summed E-state index contributed by atoms with van der Waals surface area (Å²) >= 11 is 0. The molecule has 30 heavy (non-hydrogen) atoms. The highest BCUT2D eigenvalue weighted by atomic mass is 32.2. The van der Waals surface area contributed by atoms with E-state index in [1.807, 2.05) is 31.2 Å². The third-order valence-corrected chi connectivity index (χ3v) is 5.69. The maximum absolute atomic E-state index is 12.9. The van der Waals surface area contributed by atoms with Crippen LogP contribution in [0.5, 0.6) is 5.75 Å². The molecule has 1 atom stereocenters. The van der Waals surface area contributed by atoms with E-state index in [1.165, 1.54) is 19.2 Å². The van der Waals surface area contributed by atoms with E-state index in [4.69, 9.17) is 4.74 Å². The number of benzene rings is 2. The second kappa shape index (κ2) is 9.57. The van der Waals surface area contributed by atoms with Gasteiger partial charge >= 0.3 is 0 Å². The van der Waals surface area contributed by atoms with Crippen LogP contribution in [-0.4, -0.2) is 38.7 Å². The fraction of sp³-hybridized carbons (Fsp3) is 0.350. The molecule has 0 aliphatic heterocycles. The number of anilines is 1. The van der Waals surface area contributed by atoms with Gasteiger partial charge in [-0.2, -0.15) is 0 Å². The van der Waals surface area contributed by atoms with E-state index in [-0.39, 0.29) is 30.1 Å². The molecule has 0 heterocycles. The zero-order chi connectivity index (χ0) is 22.5. The highest BCUT2D eigenvalue weighted by Crippen LogP contribution is 2.35. The van der Waals surface area contributed by atoms with Gasteiger partial charge in [0.2, 0.25) is 15.9 Å². The van der Waals surface area contributed by atoms with Crippen LogP contribution < -0.4 is 14.4 Å². The molecule has 9 nitrogen and oxygen atoms in total. The summed E-state index contributed by atoms with van der Waals surface area (Å²) in [5, 5.41) is 13.9. The number of carbonyl (C=O) groups excluding carboxylic acids is 1. The van der Waals surface area contributed by atoms with Crippen LogP contribution in [-0.2, 0) is 21.4 Å². The lowest BCUT2D eigenvalue weighted by atomic mass is 10.1. The van der Waals surface area contributed by atoms with E-state index >= 15 is 0 Å². The summed E-state index contributed by atoms with van der Waals surface area (Å²) in [7, 11) is -2.65. The van der Waals surface area contributed by atoms with Gasteiger partial charge in [0.15, 0.2) is 0 Å². The molecule has 10 heteroatoms. The maximum Gasteiger partial charge on any atom is 0.271 e. The van der Waals surface area contributed by atoms with Crippen molar-refractivity contribution in [3.05, 3.63) is 63.7 Å². The van der Waals surface area contributed by atoms with Gasteiger partial charge in [0.25, 0.3) is 5.69 Å². The number of sulfonamides is 1. The average molecular weight is 436 g/mol. The normalized spacial score (nSPS) is 12.1. The highest BCUT2D eigenvalue weighted by Gasteiger charge is 2.34. The summed E-state index contributed by atoms with van der Waals surface area (Å²) < 4.78 is 31.3. The summed E-state index contributed by atoms with van der Waals surface area (Å²) in [6.07, 6.45) is 1.10. The second-order valence-corrected chi connectivity index (χ2v) is 8.66. The predicted molar refractivity (Wildman–Crippen MR) is 114 cm³/mol. The molecule has 0 bridgehead atoms. The lowest BCUT2D eigenvalue weighted by molar-refractivity contribution is -0.384. The topological polar surface area (TPSA) is 119 Å². The number of carbonyl (C=O) groups is 1. The zero-order valence-electron chi connectivity index (χ0n) is 17.3. The molecular formula is C20H25N3O6S. The van der Waals surface area contributed by atoms with Crippen molar-refractivity contribution in [2.24, 2.45) is 0 Å². The van der Waals surface area contributed by atoms with Gasteiger partial charge in [-0.15, -0.1) is 0 Å². The Hall–Kier alpha value is -3.14. The lowest BCUT2D eigenvalue weighted by Gasteiger charge is -2.31. The number of ether oxygens (including phenoxy) is 1. The van der Waals surface area contributed by atoms with E-state index in [2.05, 4.69) is 5.32 Å². The number of amides is 1. The highest BCUT2D eigenvalue weighted by molar-refractivity contribution is 7.92. The first-order valence-electron chi connectivity index (χ1n) is 9.23. The van der Waals surface area contributed by atoms with Gasteiger partial charge < -0.3 is 10.1 Å². The monoisotopic (exact) mass is 435 g/mol. The van der Waals surface area contributed by atoms with Gasteiger partial charge in [0.05, 0.1) is 18.3 Å². The Labute approximate surface area is 175 Å². The van der Waals surface area contributed by atoms with Crippen molar-refractivity contribution in [3.8, 4) is 5.75 Å². The molecule has 0 aliphatic rings. The Morgan fingerprint density at radius 1 is 1.23 bits per heavy atom. The first kappa shape index (κ1) is 23.1. The summed E-state index contributed by atoms with van der Waals surface area (Å²) in [6, 6.07) is 10.1. The van der Waals surface area contributed by atoms with Crippen LogP contribution in [0.15, 0.2) is 42.5 Å². The van der Waals surface area contributed by atoms with Crippen molar-refractivity contribution in [1.29, 1.82) is 0 Å². The smallest absolute Gasteiger partial charge is 0.271 e. The van der Waals surface area contributed by atoms with Crippen molar-refractivity contribution >= 4 is 27.3 Å². The largest absolute Gasteiger partial charge is 0.495 e. The summed E-state index contributed by atoms with van der Waals surface area (Å²) in [6.45, 7) is 3.84. The number of nitrogens with zero attached hydrogens (tertiary/aromatic N) is 2. The molecule has 1 unspecified atom stereocenters. The SMILES string of the molecule is CCC(C(=O)NCc1ccc(C)cc1)N(c1cc([N+](=O)[O-])ccc1OC)S(C)(=O)=O. The minimum Gasteiger partial charge on any atom is -0.495 e. The third-order valence-electron chi connectivity index (χ3n) is 4.53. The molecule has 0 aliphatic carbocycles. The van der Waals surface area contributed by atoms with Gasteiger partial charge in [0.1, 0.15) is 17.5 Å². The van der Waals surface area contributed by atoms with Gasteiger partial charge in [-0.1, -0.05) is 36.8 Å². The number of non-ortho nitro benzene ring substituents is 1. The van der Waals surface area contributed by atoms with Crippen LogP contribution in [0.3, 0.4) is 0 Å². The van der Waals surface area contributed by atoms with E-state index in [1.54, 1.807) is 6.92 Å². The molecule has 0 spiro atoms. The summed E-state index contributed by atoms with van der Waals surface area (Å²) in [4.78, 5) is 23.5. The quantitative estimate of drug-likeness (QED) is 0.478. The summed E-state index contributed by atoms with van der Waals surface area (Å²) in [5.74, 6) is -0.409. The van der Waals surface area contributed by atoms with Crippen LogP contribution in [0.25, 0.3) is 0 Å². The average Bonchev–Trinajstić information content (AvgIpc) is 2.69. The number of rotatable bonds is 9. The third kappa shape index (κ3) is 5.47. The molecule has 2 aromatic carbocycles. The Morgan fingerprint density at radius 2 is 1.87 bits per heavy atom. The molecule has 2 aromatic rings. The Kier molecular flexibility index (Phi) is 7.38. The molecule has 0 radical (unpaired) electrons. The molecular weight excluding hydrogens is 410 g/mol.